The molecule has 6 nitrogen and oxygen atoms in total. The zero-order chi connectivity index (χ0) is 21.7. The summed E-state index contributed by atoms with van der Waals surface area (Å²) in [5.41, 5.74) is 1.23. The molecule has 30 heavy (non-hydrogen) atoms. The number of nitrogens with zero attached hydrogens (tertiary/aromatic N) is 3. The molecule has 0 fully saturated rings. The number of hydrogen-bond acceptors (Lipinski definition) is 5. The first-order valence-corrected chi connectivity index (χ1v) is 10.9. The molecular weight excluding hydrogens is 446 g/mol. The van der Waals surface area contributed by atoms with Crippen LogP contribution in [0.3, 0.4) is 0 Å². The van der Waals surface area contributed by atoms with Gasteiger partial charge in [-0.15, -0.1) is 0 Å². The summed E-state index contributed by atoms with van der Waals surface area (Å²) < 4.78 is 13.5. The van der Waals surface area contributed by atoms with Gasteiger partial charge in [0.25, 0.3) is 5.56 Å². The Labute approximate surface area is 184 Å². The molecule has 3 aromatic rings. The van der Waals surface area contributed by atoms with Crippen molar-refractivity contribution in [1.29, 1.82) is 0 Å². The summed E-state index contributed by atoms with van der Waals surface area (Å²) in [7, 11) is 0. The molecule has 0 aliphatic carbocycles. The Hall–Kier alpha value is -2.67. The summed E-state index contributed by atoms with van der Waals surface area (Å²) in [6.45, 7) is 9.05. The lowest BCUT2D eigenvalue weighted by Crippen LogP contribution is -2.23. The van der Waals surface area contributed by atoms with E-state index < -0.39 is 0 Å². The lowest BCUT2D eigenvalue weighted by molar-refractivity contribution is 0.323. The van der Waals surface area contributed by atoms with Crippen molar-refractivity contribution in [2.75, 3.05) is 13.2 Å². The van der Waals surface area contributed by atoms with Crippen LogP contribution >= 0.6 is 15.9 Å². The normalized spacial score (nSPS) is 12.4. The Balaban J connectivity index is 2.13. The van der Waals surface area contributed by atoms with Crippen LogP contribution in [-0.4, -0.2) is 29.1 Å². The molecule has 3 rings (SSSR count). The van der Waals surface area contributed by atoms with Gasteiger partial charge in [-0.1, -0.05) is 29.8 Å². The summed E-state index contributed by atoms with van der Waals surface area (Å²) in [6.07, 6.45) is 2.48. The predicted octanol–water partition coefficient (Wildman–Crippen LogP) is 5.35. The minimum absolute atomic E-state index is 0.0783. The molecular formula is C23H26BrN3O3. The SMILES string of the molecule is CCOc1ccc(C=Nn2c([C@@H](C)CC)nc3ccc(Br)cc3c2=O)c(OCC)c1. The molecule has 0 aliphatic rings. The van der Waals surface area contributed by atoms with Gasteiger partial charge in [-0.05, 0) is 50.6 Å². The van der Waals surface area contributed by atoms with E-state index in [0.29, 0.717) is 35.7 Å². The molecule has 1 atom stereocenters. The van der Waals surface area contributed by atoms with E-state index in [1.54, 1.807) is 12.3 Å². The fourth-order valence-corrected chi connectivity index (χ4v) is 3.42. The van der Waals surface area contributed by atoms with Crippen LogP contribution in [0, 0.1) is 0 Å². The van der Waals surface area contributed by atoms with Crippen molar-refractivity contribution in [2.45, 2.75) is 40.0 Å². The van der Waals surface area contributed by atoms with Crippen LogP contribution in [0.25, 0.3) is 10.9 Å². The van der Waals surface area contributed by atoms with Gasteiger partial charge in [0.05, 0.1) is 30.3 Å². The third-order valence-electron chi connectivity index (χ3n) is 4.79. The highest BCUT2D eigenvalue weighted by Gasteiger charge is 2.16. The van der Waals surface area contributed by atoms with Gasteiger partial charge in [-0.3, -0.25) is 4.79 Å². The van der Waals surface area contributed by atoms with E-state index in [-0.39, 0.29) is 11.5 Å². The van der Waals surface area contributed by atoms with Crippen molar-refractivity contribution in [1.82, 2.24) is 9.66 Å². The number of ether oxygens (including phenoxy) is 2. The van der Waals surface area contributed by atoms with Crippen LogP contribution < -0.4 is 15.0 Å². The highest BCUT2D eigenvalue weighted by atomic mass is 79.9. The van der Waals surface area contributed by atoms with Crippen molar-refractivity contribution >= 4 is 33.0 Å². The first-order valence-electron chi connectivity index (χ1n) is 10.1. The van der Waals surface area contributed by atoms with E-state index in [9.17, 15) is 4.79 Å². The average molecular weight is 472 g/mol. The molecule has 0 saturated heterocycles. The zero-order valence-electron chi connectivity index (χ0n) is 17.7. The van der Waals surface area contributed by atoms with Gasteiger partial charge in [0.15, 0.2) is 0 Å². The summed E-state index contributed by atoms with van der Waals surface area (Å²) in [5.74, 6) is 2.10. The Bertz CT molecular complexity index is 1120. The van der Waals surface area contributed by atoms with Gasteiger partial charge in [0.1, 0.15) is 17.3 Å². The highest BCUT2D eigenvalue weighted by Crippen LogP contribution is 2.25. The summed E-state index contributed by atoms with van der Waals surface area (Å²) in [4.78, 5) is 18.0. The molecule has 0 saturated carbocycles. The van der Waals surface area contributed by atoms with Crippen LogP contribution in [0.4, 0.5) is 0 Å². The number of halogens is 1. The van der Waals surface area contributed by atoms with E-state index >= 15 is 0 Å². The van der Waals surface area contributed by atoms with E-state index in [4.69, 9.17) is 14.5 Å². The second-order valence-electron chi connectivity index (χ2n) is 6.87. The fraction of sp³-hybridized carbons (Fsp3) is 0.348. The Morgan fingerprint density at radius 3 is 2.60 bits per heavy atom. The van der Waals surface area contributed by atoms with Crippen LogP contribution in [0.1, 0.15) is 51.4 Å². The molecule has 1 aromatic heterocycles. The summed E-state index contributed by atoms with van der Waals surface area (Å²) >= 11 is 3.43. The summed E-state index contributed by atoms with van der Waals surface area (Å²) in [6, 6.07) is 11.1. The Morgan fingerprint density at radius 2 is 1.90 bits per heavy atom. The lowest BCUT2D eigenvalue weighted by atomic mass is 10.1. The van der Waals surface area contributed by atoms with Crippen LogP contribution in [0.15, 0.2) is 50.8 Å². The van der Waals surface area contributed by atoms with Gasteiger partial charge in [0, 0.05) is 22.0 Å². The van der Waals surface area contributed by atoms with E-state index in [1.807, 2.05) is 51.1 Å². The number of benzene rings is 2. The van der Waals surface area contributed by atoms with Gasteiger partial charge in [-0.25, -0.2) is 4.98 Å². The molecule has 0 radical (unpaired) electrons. The molecule has 0 N–H and O–H groups in total. The van der Waals surface area contributed by atoms with Gasteiger partial charge < -0.3 is 9.47 Å². The van der Waals surface area contributed by atoms with Gasteiger partial charge in [0.2, 0.25) is 0 Å². The van der Waals surface area contributed by atoms with Gasteiger partial charge in [-0.2, -0.15) is 9.78 Å². The average Bonchev–Trinajstić information content (AvgIpc) is 2.74. The lowest BCUT2D eigenvalue weighted by Gasteiger charge is -2.14. The third kappa shape index (κ3) is 4.73. The number of fused-ring (bicyclic) bond motifs is 1. The van der Waals surface area contributed by atoms with E-state index in [1.165, 1.54) is 4.68 Å². The van der Waals surface area contributed by atoms with Crippen molar-refractivity contribution < 1.29 is 9.47 Å². The van der Waals surface area contributed by atoms with Crippen molar-refractivity contribution in [3.05, 3.63) is 62.6 Å². The first-order chi connectivity index (χ1) is 14.5. The molecule has 0 unspecified atom stereocenters. The molecule has 158 valence electrons. The Kier molecular flexibility index (Phi) is 7.26. The molecule has 1 heterocycles. The topological polar surface area (TPSA) is 65.7 Å². The van der Waals surface area contributed by atoms with E-state index in [2.05, 4.69) is 28.0 Å². The quantitative estimate of drug-likeness (QED) is 0.415. The largest absolute Gasteiger partial charge is 0.494 e. The smallest absolute Gasteiger partial charge is 0.282 e. The van der Waals surface area contributed by atoms with Crippen molar-refractivity contribution in [3.63, 3.8) is 0 Å². The number of aromatic nitrogens is 2. The number of hydrogen-bond donors (Lipinski definition) is 0. The Morgan fingerprint density at radius 1 is 1.13 bits per heavy atom. The summed E-state index contributed by atoms with van der Waals surface area (Å²) in [5, 5.41) is 5.04. The second kappa shape index (κ2) is 9.89. The second-order valence-corrected chi connectivity index (χ2v) is 7.78. The van der Waals surface area contributed by atoms with Crippen LogP contribution in [0.5, 0.6) is 11.5 Å². The van der Waals surface area contributed by atoms with Crippen LogP contribution in [0.2, 0.25) is 0 Å². The maximum Gasteiger partial charge on any atom is 0.282 e. The van der Waals surface area contributed by atoms with Crippen molar-refractivity contribution in [2.24, 2.45) is 5.10 Å². The zero-order valence-corrected chi connectivity index (χ0v) is 19.3. The van der Waals surface area contributed by atoms with E-state index in [0.717, 1.165) is 22.2 Å². The molecule has 0 amide bonds. The van der Waals surface area contributed by atoms with Crippen LogP contribution in [-0.2, 0) is 0 Å². The monoisotopic (exact) mass is 471 g/mol. The minimum Gasteiger partial charge on any atom is -0.494 e. The number of rotatable bonds is 8. The minimum atomic E-state index is -0.197. The molecule has 0 spiro atoms. The van der Waals surface area contributed by atoms with Gasteiger partial charge >= 0.3 is 0 Å². The molecule has 7 heteroatoms. The maximum absolute atomic E-state index is 13.2. The van der Waals surface area contributed by atoms with Crippen molar-refractivity contribution in [3.8, 4) is 11.5 Å². The highest BCUT2D eigenvalue weighted by molar-refractivity contribution is 9.10. The molecule has 0 bridgehead atoms. The third-order valence-corrected chi connectivity index (χ3v) is 5.29. The molecule has 0 aliphatic heterocycles. The predicted molar refractivity (Wildman–Crippen MR) is 124 cm³/mol. The maximum atomic E-state index is 13.2. The first kappa shape index (κ1) is 22.0. The fourth-order valence-electron chi connectivity index (χ4n) is 3.06. The standard InChI is InChI=1S/C23H26BrN3O3/c1-5-15(4)22-26-20-11-9-17(24)12-19(20)23(28)27(22)25-14-16-8-10-18(29-6-2)13-21(16)30-7-3/h8-15H,5-7H2,1-4H3/t15-/m0/s1. The molecule has 2 aromatic carbocycles.